The molecule has 3 rings (SSSR count). The van der Waals surface area contributed by atoms with E-state index in [1.165, 1.54) is 11.1 Å². The molecule has 1 fully saturated rings. The molecular weight excluding hydrogens is 340 g/mol. The normalized spacial score (nSPS) is 18.1. The predicted molar refractivity (Wildman–Crippen MR) is 122 cm³/mol. The van der Waals surface area contributed by atoms with Gasteiger partial charge in [0.1, 0.15) is 0 Å². The summed E-state index contributed by atoms with van der Waals surface area (Å²) in [4.78, 5) is 10.4. The maximum absolute atomic E-state index is 10.4. The highest BCUT2D eigenvalue weighted by molar-refractivity contribution is 6.11. The maximum Gasteiger partial charge on any atom is 0.346 e. The maximum atomic E-state index is 10.4. The topological polar surface area (TPSA) is 21.4 Å². The van der Waals surface area contributed by atoms with Crippen LogP contribution in [0.25, 0.3) is 12.2 Å². The van der Waals surface area contributed by atoms with Gasteiger partial charge in [-0.15, -0.1) is 0 Å². The lowest BCUT2D eigenvalue weighted by molar-refractivity contribution is 0.679. The Morgan fingerprint density at radius 3 is 1.39 bits per heavy atom. The van der Waals surface area contributed by atoms with Crippen molar-refractivity contribution >= 4 is 17.9 Å². The highest BCUT2D eigenvalue weighted by Gasteiger charge is 2.27. The molecule has 0 radical (unpaired) electrons. The van der Waals surface area contributed by atoms with Crippen LogP contribution in [0.1, 0.15) is 24.0 Å². The molecule has 0 amide bonds. The molecule has 28 heavy (non-hydrogen) atoms. The molecule has 1 heteroatoms. The van der Waals surface area contributed by atoms with Gasteiger partial charge in [-0.05, 0) is 36.1 Å². The van der Waals surface area contributed by atoms with Crippen LogP contribution in [0.15, 0.2) is 120 Å². The van der Waals surface area contributed by atoms with Gasteiger partial charge in [0.25, 0.3) is 0 Å². The zero-order chi connectivity index (χ0) is 19.4. The van der Waals surface area contributed by atoms with Gasteiger partial charge in [0.15, 0.2) is 0 Å². The molecule has 0 heterocycles. The fourth-order valence-corrected chi connectivity index (χ4v) is 2.97. The summed E-state index contributed by atoms with van der Waals surface area (Å²) in [5.41, 5.74) is 4.33. The predicted octanol–water partition coefficient (Wildman–Crippen LogP) is 6.72. The molecule has 0 bridgehead atoms. The van der Waals surface area contributed by atoms with E-state index in [-0.39, 0.29) is 0 Å². The fourth-order valence-electron chi connectivity index (χ4n) is 2.97. The summed E-state index contributed by atoms with van der Waals surface area (Å²) in [7, 11) is 0. The first-order valence-electron chi connectivity index (χ1n) is 9.57. The van der Waals surface area contributed by atoms with Gasteiger partial charge in [-0.3, -0.25) is 4.79 Å². The number of hydrogen-bond donors (Lipinski definition) is 0. The summed E-state index contributed by atoms with van der Waals surface area (Å²) in [5.74, 6) is 0.411. The van der Waals surface area contributed by atoms with Crippen molar-refractivity contribution in [3.63, 3.8) is 0 Å². The van der Waals surface area contributed by atoms with E-state index in [2.05, 4.69) is 36.4 Å². The quantitative estimate of drug-likeness (QED) is 0.308. The average Bonchev–Trinajstić information content (AvgIpc) is 3.09. The zero-order valence-electron chi connectivity index (χ0n) is 15.9. The van der Waals surface area contributed by atoms with Crippen molar-refractivity contribution in [1.82, 2.24) is 0 Å². The molecule has 0 atom stereocenters. The van der Waals surface area contributed by atoms with Crippen molar-refractivity contribution in [3.05, 3.63) is 132 Å². The highest BCUT2D eigenvalue weighted by atomic mass is 16.1. The minimum Gasteiger partial charge on any atom is -0.273 e. The van der Waals surface area contributed by atoms with Gasteiger partial charge < -0.3 is 0 Å². The molecule has 0 aromatic heterocycles. The molecule has 1 aliphatic rings. The van der Waals surface area contributed by atoms with Gasteiger partial charge in [0.05, 0.1) is 11.1 Å². The molecule has 0 spiro atoms. The number of rotatable bonds is 6. The molecule has 1 saturated carbocycles. The van der Waals surface area contributed by atoms with Crippen LogP contribution in [0.2, 0.25) is 0 Å². The Kier molecular flexibility index (Phi) is 7.34. The second kappa shape index (κ2) is 10.6. The smallest absolute Gasteiger partial charge is 0.273 e. The van der Waals surface area contributed by atoms with Gasteiger partial charge in [0.2, 0.25) is 0 Å². The van der Waals surface area contributed by atoms with E-state index in [1.54, 1.807) is 0 Å². The minimum atomic E-state index is 0.411. The summed E-state index contributed by atoms with van der Waals surface area (Å²) in [6.07, 6.45) is 21.8. The van der Waals surface area contributed by atoms with Crippen LogP contribution in [0, 0.1) is 0 Å². The second-order valence-electron chi connectivity index (χ2n) is 6.54. The van der Waals surface area contributed by atoms with Gasteiger partial charge in [-0.2, -0.15) is 0 Å². The van der Waals surface area contributed by atoms with Crippen LogP contribution in [-0.4, -0.2) is 10.6 Å². The Morgan fingerprint density at radius 2 is 0.964 bits per heavy atom. The van der Waals surface area contributed by atoms with Crippen molar-refractivity contribution in [2.24, 2.45) is 0 Å². The van der Waals surface area contributed by atoms with Gasteiger partial charge in [-0.25, -0.2) is 0 Å². The van der Waals surface area contributed by atoms with E-state index in [9.17, 15) is 4.79 Å². The lowest BCUT2D eigenvalue weighted by atomic mass is 10.1. The average molecular weight is 365 g/mol. The SMILES string of the molecule is [OH+]=C1\C(=C/C=C/C=C/c2ccccc2)CC\C1=C/C=C/C=C/c1ccccc1. The molecular formula is C27H25O+. The summed E-state index contributed by atoms with van der Waals surface area (Å²) in [6, 6.07) is 20.4. The van der Waals surface area contributed by atoms with Crippen LogP contribution >= 0.6 is 0 Å². The fraction of sp³-hybridized carbons (Fsp3) is 0.0741. The first-order valence-corrected chi connectivity index (χ1v) is 9.57. The first-order chi connectivity index (χ1) is 13.8. The number of carbonyl (C=O) groups excluding carboxylic acids is 1. The largest absolute Gasteiger partial charge is 0.346 e. The Labute approximate surface area is 167 Å². The van der Waals surface area contributed by atoms with Crippen LogP contribution in [0.5, 0.6) is 0 Å². The van der Waals surface area contributed by atoms with Crippen LogP contribution in [0.4, 0.5) is 0 Å². The standard InChI is InChI=1S/C27H24O/c28-27-25(19-11-3-9-17-23-13-5-1-6-14-23)21-22-26(27)20-12-4-10-18-24-15-7-2-8-16-24/h1-20H,21-22H2/p+1/b11-3+,12-4+,17-9+,18-10+,25-19-,26-20+. The number of allylic oxidation sites excluding steroid dienone is 10. The summed E-state index contributed by atoms with van der Waals surface area (Å²) < 4.78 is 0. The molecule has 2 aromatic carbocycles. The number of benzene rings is 2. The van der Waals surface area contributed by atoms with E-state index >= 15 is 0 Å². The van der Waals surface area contributed by atoms with Crippen molar-refractivity contribution in [2.45, 2.75) is 12.8 Å². The third-order valence-electron chi connectivity index (χ3n) is 4.49. The summed E-state index contributed by atoms with van der Waals surface area (Å²) in [6.45, 7) is 0. The summed E-state index contributed by atoms with van der Waals surface area (Å²) >= 11 is 0. The molecule has 1 aliphatic carbocycles. The highest BCUT2D eigenvalue weighted by Crippen LogP contribution is 2.25. The lowest BCUT2D eigenvalue weighted by Crippen LogP contribution is -1.95. The van der Waals surface area contributed by atoms with Gasteiger partial charge in [0, 0.05) is 0 Å². The van der Waals surface area contributed by atoms with Crippen LogP contribution in [0.3, 0.4) is 0 Å². The van der Waals surface area contributed by atoms with E-state index in [1.807, 2.05) is 85.0 Å². The molecule has 0 unspecified atom stereocenters. The van der Waals surface area contributed by atoms with Crippen molar-refractivity contribution in [3.8, 4) is 0 Å². The first kappa shape index (κ1) is 19.3. The number of hydrogen-bond acceptors (Lipinski definition) is 0. The van der Waals surface area contributed by atoms with E-state index in [0.29, 0.717) is 5.78 Å². The third-order valence-corrected chi connectivity index (χ3v) is 4.49. The summed E-state index contributed by atoms with van der Waals surface area (Å²) in [5, 5.41) is 0. The number of ketones is 1. The van der Waals surface area contributed by atoms with Crippen molar-refractivity contribution < 1.29 is 4.79 Å². The monoisotopic (exact) mass is 365 g/mol. The molecule has 0 saturated heterocycles. The molecule has 1 N–H and O–H groups in total. The van der Waals surface area contributed by atoms with Crippen LogP contribution < -0.4 is 0 Å². The Hall–Kier alpha value is -3.45. The third kappa shape index (κ3) is 6.07. The Bertz CT molecular complexity index is 872. The molecule has 0 aliphatic heterocycles. The van der Waals surface area contributed by atoms with Crippen LogP contribution in [-0.2, 0) is 0 Å². The molecule has 2 aromatic rings. The Morgan fingerprint density at radius 1 is 0.536 bits per heavy atom. The lowest BCUT2D eigenvalue weighted by Gasteiger charge is -1.88. The van der Waals surface area contributed by atoms with E-state index < -0.39 is 0 Å². The van der Waals surface area contributed by atoms with E-state index in [4.69, 9.17) is 0 Å². The minimum absolute atomic E-state index is 0.411. The second-order valence-corrected chi connectivity index (χ2v) is 6.54. The zero-order valence-corrected chi connectivity index (χ0v) is 15.9. The van der Waals surface area contributed by atoms with Crippen molar-refractivity contribution in [2.75, 3.05) is 0 Å². The van der Waals surface area contributed by atoms with Gasteiger partial charge >= 0.3 is 5.78 Å². The van der Waals surface area contributed by atoms with Gasteiger partial charge in [-0.1, -0.05) is 109 Å². The van der Waals surface area contributed by atoms with Crippen molar-refractivity contribution in [1.29, 1.82) is 0 Å². The van der Waals surface area contributed by atoms with E-state index in [0.717, 1.165) is 24.0 Å². The molecule has 138 valence electrons. The Balaban J connectivity index is 1.52. The molecule has 1 nitrogen and oxygen atoms in total.